The van der Waals surface area contributed by atoms with Crippen LogP contribution in [0.3, 0.4) is 0 Å². The summed E-state index contributed by atoms with van der Waals surface area (Å²) >= 11 is 2.83. The zero-order chi connectivity index (χ0) is 19.9. The first-order chi connectivity index (χ1) is 12.6. The largest absolute Gasteiger partial charge is 0.314 e. The number of anilines is 2. The second-order valence-electron chi connectivity index (χ2n) is 5.66. The minimum absolute atomic E-state index is 0.124. The Labute approximate surface area is 161 Å². The van der Waals surface area contributed by atoms with Crippen molar-refractivity contribution in [2.75, 3.05) is 16.7 Å². The molecular weight excluding hydrogens is 446 g/mol. The number of aromatic nitrogens is 2. The minimum Gasteiger partial charge on any atom is -0.314 e. The monoisotopic (exact) mass is 458 g/mol. The van der Waals surface area contributed by atoms with Crippen molar-refractivity contribution >= 4 is 48.8 Å². The third kappa shape index (κ3) is 3.65. The molecule has 0 aliphatic carbocycles. The van der Waals surface area contributed by atoms with E-state index in [0.29, 0.717) is 5.69 Å². The van der Waals surface area contributed by atoms with E-state index in [9.17, 15) is 22.0 Å². The summed E-state index contributed by atoms with van der Waals surface area (Å²) in [6.45, 7) is 1.39. The van der Waals surface area contributed by atoms with Gasteiger partial charge in [0.1, 0.15) is 16.5 Å². The lowest BCUT2D eigenvalue weighted by Crippen LogP contribution is -2.23. The van der Waals surface area contributed by atoms with Crippen molar-refractivity contribution in [1.29, 1.82) is 0 Å². The number of carbonyl (C=O) groups excluding carboxylic acids is 1. The zero-order valence-corrected chi connectivity index (χ0v) is 16.5. The minimum atomic E-state index is -4.23. The van der Waals surface area contributed by atoms with E-state index in [1.54, 1.807) is 13.1 Å². The van der Waals surface area contributed by atoms with Crippen LogP contribution in [0.1, 0.15) is 6.92 Å². The third-order valence-corrected chi connectivity index (χ3v) is 5.86. The summed E-state index contributed by atoms with van der Waals surface area (Å²) in [6.07, 6.45) is 2.57. The van der Waals surface area contributed by atoms with Crippen LogP contribution in [0.4, 0.5) is 20.2 Å². The Morgan fingerprint density at radius 3 is 2.63 bits per heavy atom. The van der Waals surface area contributed by atoms with E-state index in [0.717, 1.165) is 18.3 Å². The van der Waals surface area contributed by atoms with Crippen molar-refractivity contribution in [3.05, 3.63) is 52.8 Å². The Morgan fingerprint density at radius 1 is 1.26 bits per heavy atom. The van der Waals surface area contributed by atoms with Crippen molar-refractivity contribution in [1.82, 2.24) is 9.61 Å². The van der Waals surface area contributed by atoms with Crippen LogP contribution in [0.2, 0.25) is 0 Å². The molecule has 0 unspecified atom stereocenters. The van der Waals surface area contributed by atoms with E-state index < -0.39 is 27.3 Å². The first-order valence-electron chi connectivity index (χ1n) is 7.49. The molecule has 0 saturated carbocycles. The van der Waals surface area contributed by atoms with Crippen LogP contribution in [0.25, 0.3) is 5.52 Å². The first kappa shape index (κ1) is 19.2. The Morgan fingerprint density at radius 2 is 1.96 bits per heavy atom. The predicted molar refractivity (Wildman–Crippen MR) is 99.1 cm³/mol. The molecule has 1 amide bonds. The van der Waals surface area contributed by atoms with Gasteiger partial charge in [0.05, 0.1) is 33.8 Å². The molecule has 1 N–H and O–H groups in total. The molecule has 27 heavy (non-hydrogen) atoms. The Hall–Kier alpha value is -2.53. The Balaban J connectivity index is 2.01. The van der Waals surface area contributed by atoms with Gasteiger partial charge in [-0.3, -0.25) is 9.52 Å². The highest BCUT2D eigenvalue weighted by atomic mass is 79.9. The molecule has 0 radical (unpaired) electrons. The zero-order valence-electron chi connectivity index (χ0n) is 14.1. The molecule has 2 aromatic heterocycles. The molecule has 11 heteroatoms. The fourth-order valence-electron chi connectivity index (χ4n) is 2.34. The second-order valence-corrected chi connectivity index (χ2v) is 8.16. The maximum absolute atomic E-state index is 14.0. The summed E-state index contributed by atoms with van der Waals surface area (Å²) in [5, 5.41) is 3.97. The normalized spacial score (nSPS) is 11.6. The van der Waals surface area contributed by atoms with Gasteiger partial charge in [-0.1, -0.05) is 0 Å². The molecule has 3 rings (SSSR count). The molecular formula is C16H13BrF2N4O3S. The highest BCUT2D eigenvalue weighted by Crippen LogP contribution is 2.27. The average molecular weight is 459 g/mol. The molecule has 2 heterocycles. The van der Waals surface area contributed by atoms with Crippen molar-refractivity contribution in [2.24, 2.45) is 0 Å². The van der Waals surface area contributed by atoms with Crippen LogP contribution >= 0.6 is 15.9 Å². The number of carbonyl (C=O) groups is 1. The van der Waals surface area contributed by atoms with Gasteiger partial charge < -0.3 is 4.90 Å². The van der Waals surface area contributed by atoms with Crippen LogP contribution < -0.4 is 9.62 Å². The summed E-state index contributed by atoms with van der Waals surface area (Å²) < 4.78 is 56.0. The Kier molecular flexibility index (Phi) is 4.91. The molecule has 7 nitrogen and oxygen atoms in total. The number of fused-ring (bicyclic) bond motifs is 1. The van der Waals surface area contributed by atoms with E-state index in [4.69, 9.17) is 0 Å². The molecule has 1 aromatic carbocycles. The predicted octanol–water partition coefficient (Wildman–Crippen LogP) is 3.16. The van der Waals surface area contributed by atoms with E-state index in [2.05, 4.69) is 21.0 Å². The molecule has 142 valence electrons. The van der Waals surface area contributed by atoms with Crippen LogP contribution in [0, 0.1) is 11.6 Å². The lowest BCUT2D eigenvalue weighted by molar-refractivity contribution is -0.116. The van der Waals surface area contributed by atoms with Gasteiger partial charge in [0.15, 0.2) is 0 Å². The quantitative estimate of drug-likeness (QED) is 0.608. The van der Waals surface area contributed by atoms with Crippen molar-refractivity contribution < 1.29 is 22.0 Å². The smallest absolute Gasteiger partial charge is 0.265 e. The standard InChI is InChI=1S/C16H13BrF2N4O3S/c1-9(24)22(2)10-3-4-15-16(7-20-23(15)8-10)27(25,26)21-14-6-12(18)11(17)5-13(14)19/h3-8,21H,1-2H3. The van der Waals surface area contributed by atoms with Gasteiger partial charge in [-0.05, 0) is 34.1 Å². The van der Waals surface area contributed by atoms with E-state index in [-0.39, 0.29) is 20.8 Å². The van der Waals surface area contributed by atoms with Gasteiger partial charge in [-0.15, -0.1) is 0 Å². The lowest BCUT2D eigenvalue weighted by atomic mass is 10.3. The number of sulfonamides is 1. The number of nitrogens with zero attached hydrogens (tertiary/aromatic N) is 3. The van der Waals surface area contributed by atoms with Crippen LogP contribution in [-0.4, -0.2) is 31.0 Å². The molecule has 3 aromatic rings. The highest BCUT2D eigenvalue weighted by Gasteiger charge is 2.22. The Bertz CT molecular complexity index is 1160. The molecule has 0 aliphatic rings. The number of hydrogen-bond acceptors (Lipinski definition) is 4. The first-order valence-corrected chi connectivity index (χ1v) is 9.77. The molecule has 0 aliphatic heterocycles. The number of halogens is 3. The maximum atomic E-state index is 14.0. The number of nitrogens with one attached hydrogen (secondary N) is 1. The van der Waals surface area contributed by atoms with Gasteiger partial charge in [-0.2, -0.15) is 5.10 Å². The third-order valence-electron chi connectivity index (χ3n) is 3.87. The van der Waals surface area contributed by atoms with Crippen molar-refractivity contribution in [3.8, 4) is 0 Å². The number of hydrogen-bond donors (Lipinski definition) is 1. The van der Waals surface area contributed by atoms with Crippen LogP contribution in [0.5, 0.6) is 0 Å². The SMILES string of the molecule is CC(=O)N(C)c1ccc2c(S(=O)(=O)Nc3cc(F)c(Br)cc3F)cnn2c1. The average Bonchev–Trinajstić information content (AvgIpc) is 3.02. The number of pyridine rings is 1. The fourth-order valence-corrected chi connectivity index (χ4v) is 3.83. The van der Waals surface area contributed by atoms with E-state index in [1.165, 1.54) is 28.6 Å². The van der Waals surface area contributed by atoms with E-state index >= 15 is 0 Å². The molecule has 0 fully saturated rings. The molecule has 0 spiro atoms. The molecule has 0 atom stereocenters. The fraction of sp³-hybridized carbons (Fsp3) is 0.125. The summed E-state index contributed by atoms with van der Waals surface area (Å²) in [6, 6.07) is 4.59. The topological polar surface area (TPSA) is 83.8 Å². The summed E-state index contributed by atoms with van der Waals surface area (Å²) in [4.78, 5) is 12.6. The number of amides is 1. The molecule has 0 bridgehead atoms. The van der Waals surface area contributed by atoms with Gasteiger partial charge in [-0.25, -0.2) is 21.7 Å². The van der Waals surface area contributed by atoms with Gasteiger partial charge in [0.25, 0.3) is 10.0 Å². The summed E-state index contributed by atoms with van der Waals surface area (Å²) in [7, 11) is -2.67. The van der Waals surface area contributed by atoms with Crippen LogP contribution in [0.15, 0.2) is 46.0 Å². The number of rotatable bonds is 4. The highest BCUT2D eigenvalue weighted by molar-refractivity contribution is 9.10. The van der Waals surface area contributed by atoms with Crippen molar-refractivity contribution in [3.63, 3.8) is 0 Å². The van der Waals surface area contributed by atoms with Crippen molar-refractivity contribution in [2.45, 2.75) is 11.8 Å². The molecule has 0 saturated heterocycles. The lowest BCUT2D eigenvalue weighted by Gasteiger charge is -2.15. The van der Waals surface area contributed by atoms with Gasteiger partial charge in [0, 0.05) is 20.0 Å². The van der Waals surface area contributed by atoms with E-state index in [1.807, 2.05) is 4.72 Å². The summed E-state index contributed by atoms with van der Waals surface area (Å²) in [5.74, 6) is -1.96. The summed E-state index contributed by atoms with van der Waals surface area (Å²) in [5.41, 5.74) is 0.195. The van der Waals surface area contributed by atoms with Crippen LogP contribution in [-0.2, 0) is 14.8 Å². The number of benzene rings is 1. The second kappa shape index (κ2) is 6.89. The maximum Gasteiger partial charge on any atom is 0.265 e. The van der Waals surface area contributed by atoms with Gasteiger partial charge >= 0.3 is 0 Å². The van der Waals surface area contributed by atoms with Gasteiger partial charge in [0.2, 0.25) is 5.91 Å².